The number of rotatable bonds is 3. The minimum absolute atomic E-state index is 0.127. The fraction of sp³-hybridized carbons (Fsp3) is 0.316. The third-order valence-electron chi connectivity index (χ3n) is 3.92. The molecule has 0 heterocycles. The van der Waals surface area contributed by atoms with E-state index in [1.54, 1.807) is 0 Å². The predicted molar refractivity (Wildman–Crippen MR) is 97.3 cm³/mol. The molecule has 21 heavy (non-hydrogen) atoms. The summed E-state index contributed by atoms with van der Waals surface area (Å²) in [5.41, 5.74) is 6.24. The van der Waals surface area contributed by atoms with Crippen LogP contribution in [0.3, 0.4) is 0 Å². The molecule has 0 atom stereocenters. The molecule has 0 N–H and O–H groups in total. The van der Waals surface area contributed by atoms with Crippen LogP contribution in [0, 0.1) is 24.3 Å². The molecule has 2 rings (SSSR count). The largest absolute Gasteiger partial charge is 0.289 e. The lowest BCUT2D eigenvalue weighted by atomic mass is 9.89. The standard InChI is InChI=1S/C19H21IO/c1-11(2)16-8-14(5)17(9-13(16)4)19(21)18-10-15(20)7-6-12(18)3/h6-11H,1-5H3. The Morgan fingerprint density at radius 2 is 1.52 bits per heavy atom. The van der Waals surface area contributed by atoms with Crippen LogP contribution >= 0.6 is 22.6 Å². The average Bonchev–Trinajstić information content (AvgIpc) is 2.42. The van der Waals surface area contributed by atoms with Crippen molar-refractivity contribution in [1.82, 2.24) is 0 Å². The van der Waals surface area contributed by atoms with Gasteiger partial charge in [-0.3, -0.25) is 4.79 Å². The van der Waals surface area contributed by atoms with E-state index in [1.807, 2.05) is 38.1 Å². The summed E-state index contributed by atoms with van der Waals surface area (Å²) in [4.78, 5) is 12.9. The molecule has 0 aliphatic carbocycles. The Bertz CT molecular complexity index is 699. The van der Waals surface area contributed by atoms with Gasteiger partial charge in [0.15, 0.2) is 5.78 Å². The van der Waals surface area contributed by atoms with E-state index in [9.17, 15) is 4.79 Å². The number of halogens is 1. The molecule has 0 amide bonds. The Kier molecular flexibility index (Phi) is 4.87. The molecule has 0 radical (unpaired) electrons. The normalized spacial score (nSPS) is 11.0. The highest BCUT2D eigenvalue weighted by atomic mass is 127. The predicted octanol–water partition coefficient (Wildman–Crippen LogP) is 5.57. The van der Waals surface area contributed by atoms with Crippen molar-refractivity contribution >= 4 is 28.4 Å². The molecule has 1 nitrogen and oxygen atoms in total. The van der Waals surface area contributed by atoms with E-state index in [1.165, 1.54) is 11.1 Å². The zero-order valence-corrected chi connectivity index (χ0v) is 15.4. The van der Waals surface area contributed by atoms with Gasteiger partial charge in [0.05, 0.1) is 0 Å². The number of carbonyl (C=O) groups is 1. The van der Waals surface area contributed by atoms with Crippen molar-refractivity contribution < 1.29 is 4.79 Å². The van der Waals surface area contributed by atoms with Crippen molar-refractivity contribution in [2.75, 3.05) is 0 Å². The third kappa shape index (κ3) is 3.37. The lowest BCUT2D eigenvalue weighted by Crippen LogP contribution is -2.08. The fourth-order valence-corrected chi connectivity index (χ4v) is 3.18. The third-order valence-corrected chi connectivity index (χ3v) is 4.59. The summed E-state index contributed by atoms with van der Waals surface area (Å²) in [5, 5.41) is 0. The second-order valence-corrected chi connectivity index (χ2v) is 7.21. The van der Waals surface area contributed by atoms with Crippen molar-refractivity contribution in [2.45, 2.75) is 40.5 Å². The lowest BCUT2D eigenvalue weighted by Gasteiger charge is -2.15. The smallest absolute Gasteiger partial charge is 0.193 e. The van der Waals surface area contributed by atoms with Gasteiger partial charge < -0.3 is 0 Å². The number of carbonyl (C=O) groups excluding carboxylic acids is 1. The molecule has 0 aliphatic rings. The van der Waals surface area contributed by atoms with E-state index in [-0.39, 0.29) is 5.78 Å². The molecular weight excluding hydrogens is 371 g/mol. The number of hydrogen-bond donors (Lipinski definition) is 0. The zero-order valence-electron chi connectivity index (χ0n) is 13.3. The van der Waals surface area contributed by atoms with Crippen LogP contribution in [0.2, 0.25) is 0 Å². The van der Waals surface area contributed by atoms with E-state index in [0.29, 0.717) is 5.92 Å². The van der Waals surface area contributed by atoms with Gasteiger partial charge in [0.25, 0.3) is 0 Å². The van der Waals surface area contributed by atoms with Gasteiger partial charge in [0.1, 0.15) is 0 Å². The molecule has 110 valence electrons. The SMILES string of the molecule is Cc1ccc(I)cc1C(=O)c1cc(C)c(C(C)C)cc1C. The van der Waals surface area contributed by atoms with Gasteiger partial charge in [-0.15, -0.1) is 0 Å². The van der Waals surface area contributed by atoms with Gasteiger partial charge in [-0.25, -0.2) is 0 Å². The van der Waals surface area contributed by atoms with E-state index < -0.39 is 0 Å². The zero-order chi connectivity index (χ0) is 15.7. The first-order valence-electron chi connectivity index (χ1n) is 7.23. The van der Waals surface area contributed by atoms with Crippen LogP contribution < -0.4 is 0 Å². The summed E-state index contributed by atoms with van der Waals surface area (Å²) in [6.07, 6.45) is 0. The number of ketones is 1. The molecule has 2 aromatic rings. The van der Waals surface area contributed by atoms with E-state index in [4.69, 9.17) is 0 Å². The van der Waals surface area contributed by atoms with Gasteiger partial charge in [0, 0.05) is 14.7 Å². The molecule has 0 unspecified atom stereocenters. The number of aryl methyl sites for hydroxylation is 3. The molecule has 0 aromatic heterocycles. The second-order valence-electron chi connectivity index (χ2n) is 5.97. The van der Waals surface area contributed by atoms with Crippen LogP contribution in [-0.2, 0) is 0 Å². The molecule has 2 heteroatoms. The Hall–Kier alpha value is -1.16. The molecule has 0 fully saturated rings. The van der Waals surface area contributed by atoms with Gasteiger partial charge >= 0.3 is 0 Å². The molecule has 0 saturated carbocycles. The molecule has 0 spiro atoms. The summed E-state index contributed by atoms with van der Waals surface area (Å²) in [6.45, 7) is 10.5. The summed E-state index contributed by atoms with van der Waals surface area (Å²) in [7, 11) is 0. The lowest BCUT2D eigenvalue weighted by molar-refractivity contribution is 0.103. The highest BCUT2D eigenvalue weighted by Gasteiger charge is 2.16. The maximum Gasteiger partial charge on any atom is 0.193 e. The van der Waals surface area contributed by atoms with Crippen molar-refractivity contribution in [3.63, 3.8) is 0 Å². The monoisotopic (exact) mass is 392 g/mol. The van der Waals surface area contributed by atoms with Gasteiger partial charge in [-0.05, 0) is 89.7 Å². The van der Waals surface area contributed by atoms with Gasteiger partial charge in [-0.2, -0.15) is 0 Å². The minimum Gasteiger partial charge on any atom is -0.289 e. The second kappa shape index (κ2) is 6.30. The molecular formula is C19H21IO. The summed E-state index contributed by atoms with van der Waals surface area (Å²) >= 11 is 2.25. The first kappa shape index (κ1) is 16.2. The first-order valence-corrected chi connectivity index (χ1v) is 8.31. The van der Waals surface area contributed by atoms with E-state index >= 15 is 0 Å². The summed E-state index contributed by atoms with van der Waals surface area (Å²) < 4.78 is 1.09. The maximum atomic E-state index is 12.9. The molecule has 0 aliphatic heterocycles. The van der Waals surface area contributed by atoms with Gasteiger partial charge in [0.2, 0.25) is 0 Å². The molecule has 0 bridgehead atoms. The maximum absolute atomic E-state index is 12.9. The Morgan fingerprint density at radius 3 is 2.14 bits per heavy atom. The average molecular weight is 392 g/mol. The molecule has 2 aromatic carbocycles. The van der Waals surface area contributed by atoms with Crippen LogP contribution in [0.25, 0.3) is 0 Å². The number of benzene rings is 2. The topological polar surface area (TPSA) is 17.1 Å². The van der Waals surface area contributed by atoms with E-state index in [0.717, 1.165) is 25.8 Å². The summed E-state index contributed by atoms with van der Waals surface area (Å²) in [5.74, 6) is 0.606. The quantitative estimate of drug-likeness (QED) is 0.493. The van der Waals surface area contributed by atoms with Crippen LogP contribution in [0.1, 0.15) is 57.9 Å². The summed E-state index contributed by atoms with van der Waals surface area (Å²) in [6, 6.07) is 10.2. The highest BCUT2D eigenvalue weighted by Crippen LogP contribution is 2.26. The van der Waals surface area contributed by atoms with Crippen molar-refractivity contribution in [3.8, 4) is 0 Å². The van der Waals surface area contributed by atoms with Crippen LogP contribution in [0.5, 0.6) is 0 Å². The Labute approximate surface area is 140 Å². The van der Waals surface area contributed by atoms with Crippen LogP contribution in [0.15, 0.2) is 30.3 Å². The fourth-order valence-electron chi connectivity index (χ4n) is 2.69. The van der Waals surface area contributed by atoms with Gasteiger partial charge in [-0.1, -0.05) is 26.0 Å². The molecule has 0 saturated heterocycles. The highest BCUT2D eigenvalue weighted by molar-refractivity contribution is 14.1. The van der Waals surface area contributed by atoms with E-state index in [2.05, 4.69) is 49.4 Å². The Morgan fingerprint density at radius 1 is 0.905 bits per heavy atom. The van der Waals surface area contributed by atoms with Crippen molar-refractivity contribution in [2.24, 2.45) is 0 Å². The first-order chi connectivity index (χ1) is 9.81. The van der Waals surface area contributed by atoms with Crippen LogP contribution in [0.4, 0.5) is 0 Å². The minimum atomic E-state index is 0.127. The van der Waals surface area contributed by atoms with Crippen molar-refractivity contribution in [3.05, 3.63) is 67.3 Å². The number of hydrogen-bond acceptors (Lipinski definition) is 1. The van der Waals surface area contributed by atoms with Crippen molar-refractivity contribution in [1.29, 1.82) is 0 Å². The Balaban J connectivity index is 2.54. The van der Waals surface area contributed by atoms with Crippen LogP contribution in [-0.4, -0.2) is 5.78 Å².